The first-order valence-corrected chi connectivity index (χ1v) is 19.7. The number of ether oxygens (including phenoxy) is 7. The normalized spacial score (nSPS) is 49.2. The number of hydrogen-bond acceptors (Lipinski definition) is 14. The second-order valence-electron chi connectivity index (χ2n) is 17.0. The van der Waals surface area contributed by atoms with E-state index in [0.29, 0.717) is 19.0 Å². The molecule has 4 rings (SSSR count). The van der Waals surface area contributed by atoms with Gasteiger partial charge in [-0.2, -0.15) is 0 Å². The van der Waals surface area contributed by atoms with Crippen LogP contribution in [0, 0.1) is 23.7 Å². The van der Waals surface area contributed by atoms with E-state index >= 15 is 0 Å². The summed E-state index contributed by atoms with van der Waals surface area (Å²) in [4.78, 5) is 34.6. The average Bonchev–Trinajstić information content (AvgIpc) is 3.42. The van der Waals surface area contributed by atoms with E-state index in [1.807, 2.05) is 25.8 Å². The molecule has 4 aliphatic heterocycles. The minimum absolute atomic E-state index is 0.104. The van der Waals surface area contributed by atoms with Gasteiger partial charge in [0.05, 0.1) is 53.7 Å². The zero-order valence-electron chi connectivity index (χ0n) is 34.6. The van der Waals surface area contributed by atoms with E-state index in [0.717, 1.165) is 0 Å². The zero-order chi connectivity index (χ0) is 40.7. The number of amidine groups is 1. The smallest absolute Gasteiger partial charge is 0.311 e. The molecular formula is C39H68N2O13. The highest BCUT2D eigenvalue weighted by molar-refractivity contribution is 5.83. The molecule has 312 valence electrons. The van der Waals surface area contributed by atoms with Crippen molar-refractivity contribution in [3.05, 3.63) is 0 Å². The third kappa shape index (κ3) is 8.94. The molecule has 4 heterocycles. The highest BCUT2D eigenvalue weighted by Gasteiger charge is 2.55. The Balaban J connectivity index is 1.83. The van der Waals surface area contributed by atoms with Crippen LogP contribution >= 0.6 is 0 Å². The van der Waals surface area contributed by atoms with E-state index in [4.69, 9.17) is 33.2 Å². The number of fused-ring (bicyclic) bond motifs is 1. The fraction of sp³-hybridized carbons (Fsp3) is 0.923. The van der Waals surface area contributed by atoms with E-state index in [1.54, 1.807) is 48.5 Å². The molecule has 4 aliphatic rings. The number of cyclic esters (lactones) is 1. The van der Waals surface area contributed by atoms with Crippen LogP contribution in [0.3, 0.4) is 0 Å². The molecule has 54 heavy (non-hydrogen) atoms. The fourth-order valence-corrected chi connectivity index (χ4v) is 9.03. The molecule has 15 heteroatoms. The first-order valence-electron chi connectivity index (χ1n) is 19.7. The number of carbonyl (C=O) groups is 2. The maximum absolute atomic E-state index is 14.2. The molecule has 15 nitrogen and oxygen atoms in total. The van der Waals surface area contributed by atoms with Crippen LogP contribution in [-0.2, 0) is 42.7 Å². The van der Waals surface area contributed by atoms with Gasteiger partial charge < -0.3 is 58.5 Å². The van der Waals surface area contributed by atoms with Gasteiger partial charge in [0.1, 0.15) is 23.6 Å². The number of rotatable bonds is 7. The van der Waals surface area contributed by atoms with Gasteiger partial charge in [-0.05, 0) is 67.7 Å². The Morgan fingerprint density at radius 2 is 1.56 bits per heavy atom. The summed E-state index contributed by atoms with van der Waals surface area (Å²) in [6.45, 7) is 19.1. The number of likely N-dealkylation sites (N-methyl/N-ethyl adjacent to an activating group) is 1. The van der Waals surface area contributed by atoms with Crippen molar-refractivity contribution in [2.24, 2.45) is 28.7 Å². The minimum Gasteiger partial charge on any atom is -0.459 e. The van der Waals surface area contributed by atoms with Crippen molar-refractivity contribution in [3.8, 4) is 0 Å². The summed E-state index contributed by atoms with van der Waals surface area (Å²) in [7, 11) is 3.40. The van der Waals surface area contributed by atoms with Crippen molar-refractivity contribution in [2.45, 2.75) is 186 Å². The lowest BCUT2D eigenvalue weighted by atomic mass is 9.74. The molecule has 0 aromatic carbocycles. The number of esters is 1. The Hall–Kier alpha value is -1.95. The topological polar surface area (TPSA) is 195 Å². The molecule has 0 aromatic rings. The van der Waals surface area contributed by atoms with Gasteiger partial charge >= 0.3 is 5.97 Å². The second kappa shape index (κ2) is 17.3. The fourth-order valence-electron chi connectivity index (χ4n) is 9.03. The van der Waals surface area contributed by atoms with Crippen LogP contribution in [0.25, 0.3) is 0 Å². The summed E-state index contributed by atoms with van der Waals surface area (Å²) in [6.07, 6.45) is -8.66. The van der Waals surface area contributed by atoms with E-state index in [9.17, 15) is 30.0 Å². The zero-order valence-corrected chi connectivity index (χ0v) is 34.6. The van der Waals surface area contributed by atoms with Gasteiger partial charge in [0, 0.05) is 44.9 Å². The van der Waals surface area contributed by atoms with Crippen molar-refractivity contribution in [1.29, 1.82) is 0 Å². The highest BCUT2D eigenvalue weighted by Crippen LogP contribution is 2.42. The number of ketones is 1. The number of hydrogen-bond donors (Lipinski definition) is 4. The monoisotopic (exact) mass is 772 g/mol. The van der Waals surface area contributed by atoms with Crippen LogP contribution in [0.15, 0.2) is 4.99 Å². The Kier molecular flexibility index (Phi) is 14.3. The van der Waals surface area contributed by atoms with E-state index in [-0.39, 0.29) is 37.2 Å². The van der Waals surface area contributed by atoms with Crippen molar-refractivity contribution in [1.82, 2.24) is 4.90 Å². The van der Waals surface area contributed by atoms with Crippen LogP contribution in [0.1, 0.15) is 102 Å². The summed E-state index contributed by atoms with van der Waals surface area (Å²) in [5.74, 6) is -4.85. The molecule has 4 saturated heterocycles. The van der Waals surface area contributed by atoms with Gasteiger partial charge in [0.25, 0.3) is 6.02 Å². The molecular weight excluding hydrogens is 704 g/mol. The van der Waals surface area contributed by atoms with Crippen molar-refractivity contribution in [2.75, 3.05) is 20.7 Å². The van der Waals surface area contributed by atoms with E-state index in [2.05, 4.69) is 4.99 Å². The lowest BCUT2D eigenvalue weighted by molar-refractivity contribution is -0.313. The van der Waals surface area contributed by atoms with Gasteiger partial charge in [-0.3, -0.25) is 9.59 Å². The van der Waals surface area contributed by atoms with Crippen LogP contribution < -0.4 is 0 Å². The van der Waals surface area contributed by atoms with Crippen LogP contribution in [0.2, 0.25) is 0 Å². The van der Waals surface area contributed by atoms with Gasteiger partial charge in [-0.25, -0.2) is 4.99 Å². The minimum atomic E-state index is -1.99. The molecule has 0 radical (unpaired) electrons. The quantitative estimate of drug-likeness (QED) is 0.276. The third-order valence-corrected chi connectivity index (χ3v) is 12.5. The van der Waals surface area contributed by atoms with E-state index in [1.165, 1.54) is 21.0 Å². The summed E-state index contributed by atoms with van der Waals surface area (Å²) >= 11 is 0. The average molecular weight is 773 g/mol. The number of aliphatic hydroxyl groups is 4. The Bertz CT molecular complexity index is 1330. The first kappa shape index (κ1) is 44.8. The SMILES string of the molecule is CCN=C1O[C@H]2[C@H](O[C@@H]3[C@@H](C)[C@H](O[C@H]4C[C@@](C)(OC)[C@@H](O)[C@H](C)O4)[C@@H](C)C(=O)O[C@H](CC)[C@@](C)(O)[C@H](O)[C@@H](C)C(=O)[C@H](C)C[C@@]3(C)O)O[C@H](C)C[C@@H]2N1C. The highest BCUT2D eigenvalue weighted by atomic mass is 16.7. The lowest BCUT2D eigenvalue weighted by Crippen LogP contribution is -2.60. The second-order valence-corrected chi connectivity index (χ2v) is 17.0. The van der Waals surface area contributed by atoms with Crippen molar-refractivity contribution < 1.29 is 63.2 Å². The molecule has 0 unspecified atom stereocenters. The standard InChI is InChI=1S/C39H68N2O13/c1-14-26-39(11,47)31(43)21(5)28(42)19(3)17-37(9,46)33(54-35-30-25(16-20(4)49-35)41(12)36(53-30)40-15-2)22(6)29(23(7)34(45)51-26)52-27-18-38(10,48-13)32(44)24(8)50-27/h19-27,29-33,35,43-44,46-47H,14-18H2,1-13H3/t19-,20-,21+,22+,23-,24+,25+,26-,27+,29+,30-,31-,32+,33-,35+,37-,38-,39-/m1/s1. The van der Waals surface area contributed by atoms with Gasteiger partial charge in [-0.15, -0.1) is 0 Å². The Labute approximate surface area is 321 Å². The molecule has 4 fully saturated rings. The summed E-state index contributed by atoms with van der Waals surface area (Å²) < 4.78 is 44.1. The molecule has 0 amide bonds. The molecule has 0 spiro atoms. The summed E-state index contributed by atoms with van der Waals surface area (Å²) in [6, 6.07) is 0.322. The Morgan fingerprint density at radius 1 is 0.907 bits per heavy atom. The molecule has 0 saturated carbocycles. The predicted molar refractivity (Wildman–Crippen MR) is 197 cm³/mol. The number of nitrogens with zero attached hydrogens (tertiary/aromatic N) is 2. The van der Waals surface area contributed by atoms with Gasteiger partial charge in [0.15, 0.2) is 18.7 Å². The number of methoxy groups -OCH3 is 1. The van der Waals surface area contributed by atoms with Crippen molar-refractivity contribution >= 4 is 17.8 Å². The number of Topliss-reactive ketones (excluding diaryl/α,β-unsaturated/α-hetero) is 1. The maximum Gasteiger partial charge on any atom is 0.311 e. The van der Waals surface area contributed by atoms with Gasteiger partial charge in [0.2, 0.25) is 0 Å². The largest absolute Gasteiger partial charge is 0.459 e. The lowest BCUT2D eigenvalue weighted by Gasteiger charge is -2.48. The van der Waals surface area contributed by atoms with E-state index < -0.39 is 102 Å². The number of aliphatic hydroxyl groups excluding tert-OH is 2. The first-order chi connectivity index (χ1) is 25.0. The van der Waals surface area contributed by atoms with Crippen LogP contribution in [0.4, 0.5) is 0 Å². The van der Waals surface area contributed by atoms with Gasteiger partial charge in [-0.1, -0.05) is 27.7 Å². The summed E-state index contributed by atoms with van der Waals surface area (Å²) in [5, 5.41) is 46.5. The number of carbonyl (C=O) groups excluding carboxylic acids is 2. The maximum atomic E-state index is 14.2. The summed E-state index contributed by atoms with van der Waals surface area (Å²) in [5.41, 5.74) is -4.79. The molecule has 0 aromatic heterocycles. The molecule has 4 N–H and O–H groups in total. The van der Waals surface area contributed by atoms with Crippen LogP contribution in [0.5, 0.6) is 0 Å². The Morgan fingerprint density at radius 3 is 2.15 bits per heavy atom. The third-order valence-electron chi connectivity index (χ3n) is 12.5. The number of aliphatic imine (C=N–C) groups is 1. The molecule has 0 aliphatic carbocycles. The molecule has 0 bridgehead atoms. The predicted octanol–water partition coefficient (Wildman–Crippen LogP) is 2.57. The van der Waals surface area contributed by atoms with Crippen LogP contribution in [-0.4, -0.2) is 148 Å². The molecule has 18 atom stereocenters. The van der Waals surface area contributed by atoms with Crippen molar-refractivity contribution in [3.63, 3.8) is 0 Å².